The molecule has 1 aromatic carbocycles. The second kappa shape index (κ2) is 5.94. The monoisotopic (exact) mass is 286 g/mol. The summed E-state index contributed by atoms with van der Waals surface area (Å²) >= 11 is 1.72. The fraction of sp³-hybridized carbons (Fsp3) is 0.214. The van der Waals surface area contributed by atoms with Crippen LogP contribution < -0.4 is 10.9 Å². The molecule has 6 heteroatoms. The van der Waals surface area contributed by atoms with Crippen LogP contribution in [-0.4, -0.2) is 21.5 Å². The molecule has 2 aromatic heterocycles. The summed E-state index contributed by atoms with van der Waals surface area (Å²) < 4.78 is 1.41. The first-order valence-corrected chi connectivity index (χ1v) is 7.28. The van der Waals surface area contributed by atoms with E-state index < -0.39 is 0 Å². The number of aromatic nitrogens is 3. The van der Waals surface area contributed by atoms with Gasteiger partial charge >= 0.3 is 0 Å². The van der Waals surface area contributed by atoms with Crippen molar-refractivity contribution in [1.82, 2.24) is 20.3 Å². The van der Waals surface area contributed by atoms with Crippen LogP contribution in [0.15, 0.2) is 46.6 Å². The van der Waals surface area contributed by atoms with Gasteiger partial charge in [-0.15, -0.1) is 16.4 Å². The van der Waals surface area contributed by atoms with Crippen LogP contribution in [0.1, 0.15) is 4.88 Å². The summed E-state index contributed by atoms with van der Waals surface area (Å²) in [6.45, 7) is 2.01. The van der Waals surface area contributed by atoms with Crippen molar-refractivity contribution in [2.45, 2.75) is 13.1 Å². The summed E-state index contributed by atoms with van der Waals surface area (Å²) in [5, 5.41) is 14.0. The van der Waals surface area contributed by atoms with Crippen LogP contribution in [0.2, 0.25) is 0 Å². The molecule has 0 radical (unpaired) electrons. The molecular formula is C14H14N4OS. The maximum atomic E-state index is 12.2. The zero-order chi connectivity index (χ0) is 13.8. The predicted octanol–water partition coefficient (Wildman–Crippen LogP) is 1.64. The molecule has 0 spiro atoms. The van der Waals surface area contributed by atoms with Crippen molar-refractivity contribution < 1.29 is 0 Å². The second-order valence-electron chi connectivity index (χ2n) is 4.39. The molecule has 0 aliphatic carbocycles. The normalized spacial score (nSPS) is 11.0. The summed E-state index contributed by atoms with van der Waals surface area (Å²) in [5.41, 5.74) is 0.550. The van der Waals surface area contributed by atoms with E-state index in [1.807, 2.05) is 18.2 Å². The van der Waals surface area contributed by atoms with E-state index >= 15 is 0 Å². The van der Waals surface area contributed by atoms with Gasteiger partial charge in [-0.05, 0) is 23.6 Å². The van der Waals surface area contributed by atoms with Gasteiger partial charge in [0, 0.05) is 18.0 Å². The lowest BCUT2D eigenvalue weighted by Crippen LogP contribution is -2.29. The van der Waals surface area contributed by atoms with E-state index in [-0.39, 0.29) is 5.56 Å². The van der Waals surface area contributed by atoms with Crippen molar-refractivity contribution in [1.29, 1.82) is 0 Å². The molecule has 2 heterocycles. The Kier molecular flexibility index (Phi) is 3.85. The molecule has 3 rings (SSSR count). The third kappa shape index (κ3) is 2.76. The maximum Gasteiger partial charge on any atom is 0.277 e. The highest BCUT2D eigenvalue weighted by Crippen LogP contribution is 2.07. The minimum atomic E-state index is -0.0893. The first-order valence-electron chi connectivity index (χ1n) is 6.40. The number of fused-ring (bicyclic) bond motifs is 1. The van der Waals surface area contributed by atoms with E-state index in [1.54, 1.807) is 23.5 Å². The SMILES string of the molecule is O=c1c2ccccc2nnn1CCNCc1cccs1. The van der Waals surface area contributed by atoms with Crippen LogP contribution in [0, 0.1) is 0 Å². The van der Waals surface area contributed by atoms with E-state index in [9.17, 15) is 4.79 Å². The molecule has 20 heavy (non-hydrogen) atoms. The number of benzene rings is 1. The van der Waals surface area contributed by atoms with Gasteiger partial charge in [-0.25, -0.2) is 4.68 Å². The summed E-state index contributed by atoms with van der Waals surface area (Å²) in [4.78, 5) is 13.5. The van der Waals surface area contributed by atoms with Gasteiger partial charge in [0.2, 0.25) is 0 Å². The quantitative estimate of drug-likeness (QED) is 0.724. The summed E-state index contributed by atoms with van der Waals surface area (Å²) in [5.74, 6) is 0. The molecule has 0 bridgehead atoms. The molecule has 0 fully saturated rings. The number of thiophene rings is 1. The van der Waals surface area contributed by atoms with Crippen molar-refractivity contribution in [2.24, 2.45) is 0 Å². The molecule has 0 aliphatic rings. The molecule has 0 atom stereocenters. The Hall–Kier alpha value is -2.05. The lowest BCUT2D eigenvalue weighted by Gasteiger charge is -2.05. The molecule has 0 saturated heterocycles. The number of hydrogen-bond acceptors (Lipinski definition) is 5. The fourth-order valence-corrected chi connectivity index (χ4v) is 2.65. The number of nitrogens with zero attached hydrogens (tertiary/aromatic N) is 3. The lowest BCUT2D eigenvalue weighted by atomic mass is 10.2. The second-order valence-corrected chi connectivity index (χ2v) is 5.42. The van der Waals surface area contributed by atoms with Crippen molar-refractivity contribution in [3.8, 4) is 0 Å². The zero-order valence-electron chi connectivity index (χ0n) is 10.8. The van der Waals surface area contributed by atoms with Crippen LogP contribution in [0.25, 0.3) is 10.9 Å². The molecule has 0 unspecified atom stereocenters. The molecule has 102 valence electrons. The van der Waals surface area contributed by atoms with Crippen LogP contribution in [0.5, 0.6) is 0 Å². The molecular weight excluding hydrogens is 272 g/mol. The van der Waals surface area contributed by atoms with E-state index in [2.05, 4.69) is 27.1 Å². The molecule has 0 amide bonds. The Morgan fingerprint density at radius 2 is 2.10 bits per heavy atom. The fourth-order valence-electron chi connectivity index (χ4n) is 1.98. The van der Waals surface area contributed by atoms with Crippen LogP contribution in [0.3, 0.4) is 0 Å². The van der Waals surface area contributed by atoms with Crippen molar-refractivity contribution in [2.75, 3.05) is 6.54 Å². The zero-order valence-corrected chi connectivity index (χ0v) is 11.6. The minimum Gasteiger partial charge on any atom is -0.310 e. The van der Waals surface area contributed by atoms with Crippen LogP contribution in [-0.2, 0) is 13.1 Å². The molecule has 3 aromatic rings. The Balaban J connectivity index is 1.66. The highest BCUT2D eigenvalue weighted by Gasteiger charge is 2.04. The van der Waals surface area contributed by atoms with Crippen LogP contribution >= 0.6 is 11.3 Å². The Bertz CT molecular complexity index is 751. The first-order chi connectivity index (χ1) is 9.84. The third-order valence-corrected chi connectivity index (χ3v) is 3.89. The molecule has 0 saturated carbocycles. The van der Waals surface area contributed by atoms with Crippen molar-refractivity contribution >= 4 is 22.2 Å². The molecule has 0 aliphatic heterocycles. The average Bonchev–Trinajstić information content (AvgIpc) is 2.99. The Morgan fingerprint density at radius 3 is 2.95 bits per heavy atom. The third-order valence-electron chi connectivity index (χ3n) is 3.01. The van der Waals surface area contributed by atoms with Crippen molar-refractivity contribution in [3.05, 3.63) is 57.0 Å². The highest BCUT2D eigenvalue weighted by atomic mass is 32.1. The Labute approximate surface area is 119 Å². The summed E-state index contributed by atoms with van der Waals surface area (Å²) in [6.07, 6.45) is 0. The summed E-state index contributed by atoms with van der Waals surface area (Å²) in [6, 6.07) is 11.4. The maximum absolute atomic E-state index is 12.2. The molecule has 1 N–H and O–H groups in total. The molecule has 5 nitrogen and oxygen atoms in total. The topological polar surface area (TPSA) is 59.8 Å². The van der Waals surface area contributed by atoms with E-state index in [0.717, 1.165) is 6.54 Å². The van der Waals surface area contributed by atoms with E-state index in [1.165, 1.54) is 9.56 Å². The van der Waals surface area contributed by atoms with Gasteiger partial charge in [0.25, 0.3) is 5.56 Å². The lowest BCUT2D eigenvalue weighted by molar-refractivity contribution is 0.514. The smallest absolute Gasteiger partial charge is 0.277 e. The van der Waals surface area contributed by atoms with Gasteiger partial charge in [0.05, 0.1) is 11.9 Å². The average molecular weight is 286 g/mol. The van der Waals surface area contributed by atoms with Gasteiger partial charge in [0.15, 0.2) is 0 Å². The summed E-state index contributed by atoms with van der Waals surface area (Å²) in [7, 11) is 0. The van der Waals surface area contributed by atoms with Crippen molar-refractivity contribution in [3.63, 3.8) is 0 Å². The largest absolute Gasteiger partial charge is 0.310 e. The van der Waals surface area contributed by atoms with E-state index in [0.29, 0.717) is 24.0 Å². The predicted molar refractivity (Wildman–Crippen MR) is 79.8 cm³/mol. The van der Waals surface area contributed by atoms with Gasteiger partial charge in [-0.1, -0.05) is 23.4 Å². The van der Waals surface area contributed by atoms with Gasteiger partial charge in [-0.2, -0.15) is 0 Å². The Morgan fingerprint density at radius 1 is 1.20 bits per heavy atom. The number of nitrogens with one attached hydrogen (secondary N) is 1. The van der Waals surface area contributed by atoms with Gasteiger partial charge in [0.1, 0.15) is 5.52 Å². The standard InChI is InChI=1S/C14H14N4OS/c19-14-12-5-1-2-6-13(12)16-17-18(14)8-7-15-10-11-4-3-9-20-11/h1-6,9,15H,7-8,10H2. The van der Waals surface area contributed by atoms with E-state index in [4.69, 9.17) is 0 Å². The van der Waals surface area contributed by atoms with Crippen LogP contribution in [0.4, 0.5) is 0 Å². The highest BCUT2D eigenvalue weighted by molar-refractivity contribution is 7.09. The van der Waals surface area contributed by atoms with Gasteiger partial charge in [-0.3, -0.25) is 4.79 Å². The number of rotatable bonds is 5. The minimum absolute atomic E-state index is 0.0893. The van der Waals surface area contributed by atoms with Gasteiger partial charge < -0.3 is 5.32 Å². The first kappa shape index (κ1) is 13.0. The number of hydrogen-bond donors (Lipinski definition) is 1.